The number of para-hydroxylation sites is 4. The van der Waals surface area contributed by atoms with Crippen molar-refractivity contribution in [2.75, 3.05) is 0 Å². The van der Waals surface area contributed by atoms with Gasteiger partial charge in [0.25, 0.3) is 0 Å². The molecule has 0 aliphatic heterocycles. The quantitative estimate of drug-likeness (QED) is 0.0803. The maximum absolute atomic E-state index is 13.0. The Kier molecular flexibility index (Phi) is 12.1. The van der Waals surface area contributed by atoms with Gasteiger partial charge in [0, 0.05) is 0 Å². The standard InChI is InChI=1S/4C6H5O3P.Sn/c4*7-10(8)9-6-4-2-1-3-5-6;/h4*1-5H;/q;;;;+4. The summed E-state index contributed by atoms with van der Waals surface area (Å²) in [6, 6.07) is 31.5. The summed E-state index contributed by atoms with van der Waals surface area (Å²) < 4.78 is 94.5. The molecule has 0 saturated heterocycles. The molecule has 0 aliphatic carbocycles. The van der Waals surface area contributed by atoms with Gasteiger partial charge in [-0.25, -0.2) is 0 Å². The predicted octanol–water partition coefficient (Wildman–Crippen LogP) is 8.43. The fraction of sp³-hybridized carbons (Fsp3) is 0. The molecule has 4 aromatic carbocycles. The van der Waals surface area contributed by atoms with Crippen LogP contribution in [0.25, 0.3) is 0 Å². The average Bonchev–Trinajstić information content (AvgIpc) is 2.94. The summed E-state index contributed by atoms with van der Waals surface area (Å²) in [6.45, 7) is 0. The molecule has 0 heterocycles. The Morgan fingerprint density at radius 2 is 0.537 bits per heavy atom. The van der Waals surface area contributed by atoms with Gasteiger partial charge in [-0.3, -0.25) is 0 Å². The van der Waals surface area contributed by atoms with Crippen LogP contribution in [-0.4, -0.2) is 20.0 Å². The summed E-state index contributed by atoms with van der Waals surface area (Å²) >= 11 is -6.31. The molecule has 4 unspecified atom stereocenters. The van der Waals surface area contributed by atoms with Gasteiger partial charge in [-0.2, -0.15) is 0 Å². The van der Waals surface area contributed by atoms with E-state index in [-0.39, 0.29) is 23.0 Å². The molecule has 0 fully saturated rings. The molecule has 208 valence electrons. The van der Waals surface area contributed by atoms with E-state index in [2.05, 4.69) is 0 Å². The van der Waals surface area contributed by atoms with E-state index < -0.39 is 53.1 Å². The van der Waals surface area contributed by atoms with E-state index >= 15 is 0 Å². The van der Waals surface area contributed by atoms with Crippen molar-refractivity contribution in [3.8, 4) is 23.0 Å². The van der Waals surface area contributed by atoms with Crippen molar-refractivity contribution < 1.29 is 47.8 Å². The van der Waals surface area contributed by atoms with Crippen LogP contribution in [0, 0.1) is 0 Å². The van der Waals surface area contributed by atoms with Crippen molar-refractivity contribution in [3.63, 3.8) is 0 Å². The van der Waals surface area contributed by atoms with Crippen LogP contribution in [0.3, 0.4) is 0 Å². The SMILES string of the molecule is O=[P+](Oc1ccccc1)[O][Sn]([O][P+](=O)Oc1ccccc1)([O][P+](=O)Oc1ccccc1)[O][P+](=O)Oc1ccccc1. The second-order valence-electron chi connectivity index (χ2n) is 7.38. The average molecular weight is 743 g/mol. The molecule has 0 aromatic heterocycles. The summed E-state index contributed by atoms with van der Waals surface area (Å²) in [6.07, 6.45) is 0. The van der Waals surface area contributed by atoms with Crippen molar-refractivity contribution in [2.24, 2.45) is 0 Å². The third kappa shape index (κ3) is 10.8. The summed E-state index contributed by atoms with van der Waals surface area (Å²) in [5, 5.41) is 0. The van der Waals surface area contributed by atoms with Crippen LogP contribution in [0.2, 0.25) is 0 Å². The van der Waals surface area contributed by atoms with Crippen molar-refractivity contribution >= 4 is 53.1 Å². The van der Waals surface area contributed by atoms with Crippen LogP contribution in [0.4, 0.5) is 0 Å². The Bertz CT molecular complexity index is 1240. The molecule has 0 amide bonds. The van der Waals surface area contributed by atoms with E-state index in [9.17, 15) is 18.3 Å². The molecule has 0 saturated carbocycles. The van der Waals surface area contributed by atoms with Gasteiger partial charge in [-0.15, -0.1) is 0 Å². The number of benzene rings is 4. The second kappa shape index (κ2) is 15.9. The van der Waals surface area contributed by atoms with Crippen molar-refractivity contribution in [1.82, 2.24) is 0 Å². The van der Waals surface area contributed by atoms with Gasteiger partial charge < -0.3 is 0 Å². The number of hydrogen-bond acceptors (Lipinski definition) is 12. The van der Waals surface area contributed by atoms with E-state index in [1.165, 1.54) is 48.5 Å². The topological polar surface area (TPSA) is 142 Å². The summed E-state index contributed by atoms with van der Waals surface area (Å²) in [4.78, 5) is 0. The molecule has 12 nitrogen and oxygen atoms in total. The predicted molar refractivity (Wildman–Crippen MR) is 149 cm³/mol. The first kappa shape index (κ1) is 31.1. The zero-order valence-corrected chi connectivity index (χ0v) is 27.2. The molecule has 17 heteroatoms. The maximum atomic E-state index is 13.0. The molecule has 0 radical (unpaired) electrons. The first-order valence-electron chi connectivity index (χ1n) is 11.5. The van der Waals surface area contributed by atoms with Crippen molar-refractivity contribution in [1.29, 1.82) is 0 Å². The zero-order chi connectivity index (χ0) is 28.9. The van der Waals surface area contributed by atoms with Crippen LogP contribution in [-0.2, 0) is 29.7 Å². The van der Waals surface area contributed by atoms with Crippen LogP contribution in [0.5, 0.6) is 23.0 Å². The van der Waals surface area contributed by atoms with Gasteiger partial charge in [-0.1, -0.05) is 0 Å². The van der Waals surface area contributed by atoms with Gasteiger partial charge in [-0.05, 0) is 0 Å². The van der Waals surface area contributed by atoms with Crippen molar-refractivity contribution in [2.45, 2.75) is 0 Å². The molecule has 4 atom stereocenters. The van der Waals surface area contributed by atoms with Crippen LogP contribution in [0.15, 0.2) is 121 Å². The first-order valence-corrected chi connectivity index (χ1v) is 20.5. The van der Waals surface area contributed by atoms with E-state index in [4.69, 9.17) is 29.5 Å². The van der Waals surface area contributed by atoms with E-state index in [0.717, 1.165) is 0 Å². The second-order valence-corrected chi connectivity index (χ2v) is 19.7. The third-order valence-corrected chi connectivity index (χ3v) is 20.1. The minimum absolute atomic E-state index is 0.119. The van der Waals surface area contributed by atoms with Crippen LogP contribution < -0.4 is 18.1 Å². The fourth-order valence-corrected chi connectivity index (χ4v) is 18.3. The molecular formula is C24H20O12P4Sn+4. The molecule has 4 rings (SSSR count). The summed E-state index contributed by atoms with van der Waals surface area (Å²) in [5.41, 5.74) is 0. The van der Waals surface area contributed by atoms with E-state index in [0.29, 0.717) is 0 Å². The fourth-order valence-electron chi connectivity index (χ4n) is 2.81. The van der Waals surface area contributed by atoms with Crippen molar-refractivity contribution in [3.05, 3.63) is 121 Å². The Hall–Kier alpha value is -2.88. The van der Waals surface area contributed by atoms with E-state index in [1.807, 2.05) is 0 Å². The van der Waals surface area contributed by atoms with Gasteiger partial charge in [0.1, 0.15) is 0 Å². The molecular weight excluding hydrogens is 723 g/mol. The Labute approximate surface area is 244 Å². The van der Waals surface area contributed by atoms with Crippen LogP contribution in [0.1, 0.15) is 0 Å². The summed E-state index contributed by atoms with van der Waals surface area (Å²) in [5.74, 6) is 0.476. The summed E-state index contributed by atoms with van der Waals surface area (Å²) in [7, 11) is -12.8. The molecule has 0 bridgehead atoms. The first-order chi connectivity index (χ1) is 19.9. The van der Waals surface area contributed by atoms with Gasteiger partial charge >= 0.3 is 245 Å². The number of hydrogen-bond donors (Lipinski definition) is 0. The molecule has 0 aliphatic rings. The van der Waals surface area contributed by atoms with Gasteiger partial charge in [0.15, 0.2) is 0 Å². The molecule has 4 aromatic rings. The Balaban J connectivity index is 1.62. The third-order valence-electron chi connectivity index (χ3n) is 4.44. The molecule has 41 heavy (non-hydrogen) atoms. The van der Waals surface area contributed by atoms with Gasteiger partial charge in [0.2, 0.25) is 0 Å². The Morgan fingerprint density at radius 1 is 0.341 bits per heavy atom. The van der Waals surface area contributed by atoms with Crippen LogP contribution >= 0.6 is 33.0 Å². The normalized spacial score (nSPS) is 13.7. The minimum atomic E-state index is -6.31. The van der Waals surface area contributed by atoms with E-state index in [1.54, 1.807) is 72.8 Å². The molecule has 0 N–H and O–H groups in total. The molecule has 0 spiro atoms. The number of rotatable bonds is 16. The monoisotopic (exact) mass is 744 g/mol. The van der Waals surface area contributed by atoms with Gasteiger partial charge in [0.05, 0.1) is 0 Å². The zero-order valence-electron chi connectivity index (χ0n) is 20.7. The Morgan fingerprint density at radius 3 is 0.732 bits per heavy atom.